The van der Waals surface area contributed by atoms with E-state index in [2.05, 4.69) is 21.0 Å². The second-order valence-electron chi connectivity index (χ2n) is 4.45. The standard InChI is InChI=1S/C13H10BrF3N2O/c1-6(2)19-12(8(14)5-18-19)13(20)11-9(16)3-7(15)4-10(11)17/h3-6H,1-2H3. The van der Waals surface area contributed by atoms with Gasteiger partial charge in [0, 0.05) is 18.2 Å². The Balaban J connectivity index is 2.61. The van der Waals surface area contributed by atoms with Crippen molar-refractivity contribution >= 4 is 21.7 Å². The number of benzene rings is 1. The summed E-state index contributed by atoms with van der Waals surface area (Å²) in [6, 6.07) is 0.771. The zero-order valence-corrected chi connectivity index (χ0v) is 12.2. The normalized spacial score (nSPS) is 11.2. The summed E-state index contributed by atoms with van der Waals surface area (Å²) < 4.78 is 41.9. The van der Waals surface area contributed by atoms with Gasteiger partial charge in [-0.15, -0.1) is 0 Å². The zero-order valence-electron chi connectivity index (χ0n) is 10.6. The van der Waals surface area contributed by atoms with Crippen LogP contribution in [0.1, 0.15) is 35.9 Å². The summed E-state index contributed by atoms with van der Waals surface area (Å²) in [5.41, 5.74) is -0.779. The van der Waals surface area contributed by atoms with E-state index >= 15 is 0 Å². The van der Waals surface area contributed by atoms with Crippen molar-refractivity contribution in [3.8, 4) is 0 Å². The van der Waals surface area contributed by atoms with Gasteiger partial charge in [0.2, 0.25) is 5.78 Å². The Morgan fingerprint density at radius 1 is 1.25 bits per heavy atom. The summed E-state index contributed by atoms with van der Waals surface area (Å²) in [7, 11) is 0. The van der Waals surface area contributed by atoms with Crippen LogP contribution in [0.15, 0.2) is 22.8 Å². The molecule has 0 bridgehead atoms. The second-order valence-corrected chi connectivity index (χ2v) is 5.31. The van der Waals surface area contributed by atoms with Crippen LogP contribution >= 0.6 is 15.9 Å². The van der Waals surface area contributed by atoms with E-state index < -0.39 is 28.8 Å². The molecule has 2 rings (SSSR count). The highest BCUT2D eigenvalue weighted by atomic mass is 79.9. The lowest BCUT2D eigenvalue weighted by Gasteiger charge is -2.11. The molecule has 0 N–H and O–H groups in total. The summed E-state index contributed by atoms with van der Waals surface area (Å²) in [6.07, 6.45) is 1.37. The van der Waals surface area contributed by atoms with Gasteiger partial charge in [0.05, 0.1) is 16.2 Å². The van der Waals surface area contributed by atoms with E-state index in [0.29, 0.717) is 16.6 Å². The number of aromatic nitrogens is 2. The smallest absolute Gasteiger partial charge is 0.218 e. The summed E-state index contributed by atoms with van der Waals surface area (Å²) in [5, 5.41) is 3.97. The first-order valence-electron chi connectivity index (χ1n) is 5.75. The number of halogens is 4. The van der Waals surface area contributed by atoms with Gasteiger partial charge in [0.15, 0.2) is 0 Å². The summed E-state index contributed by atoms with van der Waals surface area (Å²) >= 11 is 3.12. The first-order valence-corrected chi connectivity index (χ1v) is 6.54. The molecule has 0 spiro atoms. The summed E-state index contributed by atoms with van der Waals surface area (Å²) in [5.74, 6) is -4.45. The molecule has 106 valence electrons. The van der Waals surface area contributed by atoms with Crippen molar-refractivity contribution in [1.82, 2.24) is 9.78 Å². The quantitative estimate of drug-likeness (QED) is 0.790. The average Bonchev–Trinajstić information content (AvgIpc) is 2.69. The van der Waals surface area contributed by atoms with Crippen LogP contribution < -0.4 is 0 Å². The van der Waals surface area contributed by atoms with E-state index in [0.717, 1.165) is 0 Å². The van der Waals surface area contributed by atoms with E-state index in [4.69, 9.17) is 0 Å². The molecule has 0 atom stereocenters. The maximum absolute atomic E-state index is 13.7. The minimum atomic E-state index is -1.24. The highest BCUT2D eigenvalue weighted by molar-refractivity contribution is 9.10. The molecule has 2 aromatic rings. The maximum Gasteiger partial charge on any atom is 0.218 e. The third-order valence-corrected chi connectivity index (χ3v) is 3.27. The molecule has 1 aromatic heterocycles. The van der Waals surface area contributed by atoms with Crippen LogP contribution in [0.3, 0.4) is 0 Å². The Morgan fingerprint density at radius 3 is 2.30 bits per heavy atom. The fraction of sp³-hybridized carbons (Fsp3) is 0.231. The Kier molecular flexibility index (Phi) is 3.99. The summed E-state index contributed by atoms with van der Waals surface area (Å²) in [4.78, 5) is 12.3. The first-order chi connectivity index (χ1) is 9.32. The minimum absolute atomic E-state index is 0.0180. The largest absolute Gasteiger partial charge is 0.287 e. The highest BCUT2D eigenvalue weighted by Gasteiger charge is 2.26. The molecule has 0 saturated carbocycles. The predicted molar refractivity (Wildman–Crippen MR) is 70.1 cm³/mol. The van der Waals surface area contributed by atoms with E-state index in [-0.39, 0.29) is 11.7 Å². The van der Waals surface area contributed by atoms with Crippen molar-refractivity contribution in [3.63, 3.8) is 0 Å². The van der Waals surface area contributed by atoms with Gasteiger partial charge in [0.1, 0.15) is 23.1 Å². The van der Waals surface area contributed by atoms with Crippen molar-refractivity contribution in [2.24, 2.45) is 0 Å². The monoisotopic (exact) mass is 346 g/mol. The molecule has 0 aliphatic rings. The Hall–Kier alpha value is -1.63. The van der Waals surface area contributed by atoms with E-state index in [9.17, 15) is 18.0 Å². The molecule has 3 nitrogen and oxygen atoms in total. The van der Waals surface area contributed by atoms with Gasteiger partial charge in [-0.1, -0.05) is 0 Å². The lowest BCUT2D eigenvalue weighted by molar-refractivity contribution is 0.101. The number of rotatable bonds is 3. The lowest BCUT2D eigenvalue weighted by Crippen LogP contribution is -2.16. The van der Waals surface area contributed by atoms with Gasteiger partial charge in [-0.25, -0.2) is 13.2 Å². The van der Waals surface area contributed by atoms with Crippen molar-refractivity contribution in [2.45, 2.75) is 19.9 Å². The van der Waals surface area contributed by atoms with Gasteiger partial charge < -0.3 is 0 Å². The SMILES string of the molecule is CC(C)n1ncc(Br)c1C(=O)c1c(F)cc(F)cc1F. The van der Waals surface area contributed by atoms with Crippen molar-refractivity contribution in [2.75, 3.05) is 0 Å². The Bertz CT molecular complexity index is 659. The Morgan fingerprint density at radius 2 is 1.80 bits per heavy atom. The zero-order chi connectivity index (χ0) is 15.0. The number of ketones is 1. The third-order valence-electron chi connectivity index (χ3n) is 2.69. The number of hydrogen-bond acceptors (Lipinski definition) is 2. The van der Waals surface area contributed by atoms with Crippen LogP contribution in [0.25, 0.3) is 0 Å². The number of hydrogen-bond donors (Lipinski definition) is 0. The van der Waals surface area contributed by atoms with Crippen molar-refractivity contribution in [3.05, 3.63) is 51.5 Å². The van der Waals surface area contributed by atoms with Crippen LogP contribution in [0, 0.1) is 17.5 Å². The van der Waals surface area contributed by atoms with Gasteiger partial charge in [-0.05, 0) is 29.8 Å². The maximum atomic E-state index is 13.7. The molecule has 0 saturated heterocycles. The third kappa shape index (κ3) is 2.49. The average molecular weight is 347 g/mol. The molecule has 0 unspecified atom stereocenters. The van der Waals surface area contributed by atoms with Crippen LogP contribution in [0.5, 0.6) is 0 Å². The molecule has 0 amide bonds. The highest BCUT2D eigenvalue weighted by Crippen LogP contribution is 2.25. The molecule has 0 radical (unpaired) electrons. The van der Waals surface area contributed by atoms with E-state index in [1.807, 2.05) is 0 Å². The van der Waals surface area contributed by atoms with Gasteiger partial charge in [0.25, 0.3) is 0 Å². The predicted octanol–water partition coefficient (Wildman–Crippen LogP) is 3.87. The van der Waals surface area contributed by atoms with Crippen LogP contribution in [0.4, 0.5) is 13.2 Å². The molecule has 1 aromatic carbocycles. The fourth-order valence-electron chi connectivity index (χ4n) is 1.82. The molecular weight excluding hydrogens is 337 g/mol. The molecule has 0 aliphatic heterocycles. The first kappa shape index (κ1) is 14.8. The number of carbonyl (C=O) groups excluding carboxylic acids is 1. The topological polar surface area (TPSA) is 34.9 Å². The minimum Gasteiger partial charge on any atom is -0.287 e. The number of nitrogens with zero attached hydrogens (tertiary/aromatic N) is 2. The van der Waals surface area contributed by atoms with Crippen LogP contribution in [-0.2, 0) is 0 Å². The second kappa shape index (κ2) is 5.40. The summed E-state index contributed by atoms with van der Waals surface area (Å²) in [6.45, 7) is 3.54. The van der Waals surface area contributed by atoms with E-state index in [1.54, 1.807) is 13.8 Å². The molecule has 0 fully saturated rings. The lowest BCUT2D eigenvalue weighted by atomic mass is 10.1. The molecule has 7 heteroatoms. The molecule has 0 aliphatic carbocycles. The van der Waals surface area contributed by atoms with Crippen LogP contribution in [0.2, 0.25) is 0 Å². The molecule has 20 heavy (non-hydrogen) atoms. The van der Waals surface area contributed by atoms with Crippen molar-refractivity contribution in [1.29, 1.82) is 0 Å². The van der Waals surface area contributed by atoms with Gasteiger partial charge >= 0.3 is 0 Å². The molecular formula is C13H10BrF3N2O. The van der Waals surface area contributed by atoms with E-state index in [1.165, 1.54) is 10.9 Å². The van der Waals surface area contributed by atoms with Crippen molar-refractivity contribution < 1.29 is 18.0 Å². The van der Waals surface area contributed by atoms with Gasteiger partial charge in [-0.2, -0.15) is 5.10 Å². The fourth-order valence-corrected chi connectivity index (χ4v) is 2.28. The van der Waals surface area contributed by atoms with Crippen LogP contribution in [-0.4, -0.2) is 15.6 Å². The number of carbonyl (C=O) groups is 1. The molecule has 1 heterocycles. The Labute approximate surface area is 121 Å². The van der Waals surface area contributed by atoms with Gasteiger partial charge in [-0.3, -0.25) is 9.48 Å².